The molecule has 0 radical (unpaired) electrons. The van der Waals surface area contributed by atoms with Crippen molar-refractivity contribution >= 4 is 5.97 Å². The summed E-state index contributed by atoms with van der Waals surface area (Å²) in [5.41, 5.74) is 0. The van der Waals surface area contributed by atoms with Gasteiger partial charge in [0.15, 0.2) is 0 Å². The number of ether oxygens (including phenoxy) is 1. The quantitative estimate of drug-likeness (QED) is 0.364. The number of hydrogen-bond donors (Lipinski definition) is 1. The van der Waals surface area contributed by atoms with Gasteiger partial charge in [0, 0.05) is 25.7 Å². The maximum atomic E-state index is 10.9. The van der Waals surface area contributed by atoms with E-state index in [0.29, 0.717) is 13.2 Å². The fraction of sp³-hybridized carbons (Fsp3) is 0.750. The van der Waals surface area contributed by atoms with Gasteiger partial charge in [-0.25, -0.2) is 4.79 Å². The maximum Gasteiger partial charge on any atom is 0.330 e. The molecule has 0 aromatic rings. The summed E-state index contributed by atoms with van der Waals surface area (Å²) in [6.45, 7) is 11.4. The van der Waals surface area contributed by atoms with Crippen LogP contribution in [-0.2, 0) is 9.53 Å². The van der Waals surface area contributed by atoms with Crippen molar-refractivity contribution in [3.05, 3.63) is 12.2 Å². The lowest BCUT2D eigenvalue weighted by Gasteiger charge is -2.17. The van der Waals surface area contributed by atoms with E-state index in [-0.39, 0.29) is 5.97 Å². The van der Waals surface area contributed by atoms with E-state index >= 15 is 0 Å². The molecule has 1 N–H and O–H groups in total. The van der Waals surface area contributed by atoms with Crippen LogP contribution in [0, 0.1) is 0 Å². The van der Waals surface area contributed by atoms with Crippen LogP contribution >= 0.6 is 0 Å². The zero-order chi connectivity index (χ0) is 12.2. The molecule has 0 atom stereocenters. The Hall–Kier alpha value is -0.870. The molecule has 0 amide bonds. The first-order valence-electron chi connectivity index (χ1n) is 6.00. The third-order valence-electron chi connectivity index (χ3n) is 2.30. The van der Waals surface area contributed by atoms with E-state index in [2.05, 4.69) is 24.1 Å². The molecule has 0 aliphatic heterocycles. The fourth-order valence-electron chi connectivity index (χ4n) is 1.31. The lowest BCUT2D eigenvalue weighted by Crippen LogP contribution is -2.31. The zero-order valence-corrected chi connectivity index (χ0v) is 10.7. The molecule has 16 heavy (non-hydrogen) atoms. The van der Waals surface area contributed by atoms with E-state index in [4.69, 9.17) is 4.74 Å². The molecule has 0 unspecified atom stereocenters. The molecule has 0 fully saturated rings. The first kappa shape index (κ1) is 15.1. The van der Waals surface area contributed by atoms with Gasteiger partial charge >= 0.3 is 5.97 Å². The minimum Gasteiger partial charge on any atom is -0.463 e. The zero-order valence-electron chi connectivity index (χ0n) is 10.7. The first-order valence-corrected chi connectivity index (χ1v) is 6.00. The van der Waals surface area contributed by atoms with Gasteiger partial charge < -0.3 is 15.0 Å². The Morgan fingerprint density at radius 1 is 1.31 bits per heavy atom. The maximum absolute atomic E-state index is 10.9. The molecule has 4 heteroatoms. The van der Waals surface area contributed by atoms with E-state index in [0.717, 1.165) is 26.2 Å². The Morgan fingerprint density at radius 3 is 2.56 bits per heavy atom. The van der Waals surface area contributed by atoms with Gasteiger partial charge in [0.25, 0.3) is 0 Å². The van der Waals surface area contributed by atoms with Crippen LogP contribution in [0.2, 0.25) is 0 Å². The summed E-state index contributed by atoms with van der Waals surface area (Å²) in [5, 5.41) is 3.25. The number of carbonyl (C=O) groups is 1. The summed E-state index contributed by atoms with van der Waals surface area (Å²) in [6, 6.07) is 0. The molecule has 4 nitrogen and oxygen atoms in total. The molecular weight excluding hydrogens is 204 g/mol. The summed E-state index contributed by atoms with van der Waals surface area (Å²) in [7, 11) is 0. The Bertz CT molecular complexity index is 201. The third kappa shape index (κ3) is 8.44. The molecule has 0 aliphatic carbocycles. The van der Waals surface area contributed by atoms with Crippen molar-refractivity contribution in [2.24, 2.45) is 0 Å². The van der Waals surface area contributed by atoms with Crippen molar-refractivity contribution < 1.29 is 9.53 Å². The monoisotopic (exact) mass is 228 g/mol. The summed E-state index contributed by atoms with van der Waals surface area (Å²) < 4.78 is 4.76. The van der Waals surface area contributed by atoms with E-state index in [9.17, 15) is 4.79 Å². The van der Waals surface area contributed by atoms with Crippen LogP contribution < -0.4 is 5.32 Å². The normalized spacial score (nSPS) is 11.2. The third-order valence-corrected chi connectivity index (χ3v) is 2.30. The van der Waals surface area contributed by atoms with Crippen LogP contribution in [-0.4, -0.2) is 50.2 Å². The highest BCUT2D eigenvalue weighted by molar-refractivity contribution is 5.81. The molecule has 94 valence electrons. The van der Waals surface area contributed by atoms with Gasteiger partial charge in [-0.3, -0.25) is 0 Å². The van der Waals surface area contributed by atoms with Gasteiger partial charge in [-0.2, -0.15) is 0 Å². The molecule has 0 aliphatic rings. The number of likely N-dealkylation sites (N-methyl/N-ethyl adjacent to an activating group) is 1. The van der Waals surface area contributed by atoms with Gasteiger partial charge in [-0.05, 0) is 20.0 Å². The SMILES string of the molecule is CCOC(=O)/C=C/CNCCN(CC)CC. The summed E-state index contributed by atoms with van der Waals surface area (Å²) in [4.78, 5) is 13.3. The van der Waals surface area contributed by atoms with Crippen molar-refractivity contribution in [3.8, 4) is 0 Å². The van der Waals surface area contributed by atoms with Crippen molar-refractivity contribution in [1.82, 2.24) is 10.2 Å². The van der Waals surface area contributed by atoms with E-state index < -0.39 is 0 Å². The van der Waals surface area contributed by atoms with Crippen molar-refractivity contribution in [3.63, 3.8) is 0 Å². The number of nitrogens with one attached hydrogen (secondary N) is 1. The van der Waals surface area contributed by atoms with Crippen LogP contribution in [0.15, 0.2) is 12.2 Å². The second-order valence-electron chi connectivity index (χ2n) is 3.39. The standard InChI is InChI=1S/C12H24N2O2/c1-4-14(5-2)11-10-13-9-7-8-12(15)16-6-3/h7-8,13H,4-6,9-11H2,1-3H3/b8-7+. The predicted molar refractivity (Wildman–Crippen MR) is 66.4 cm³/mol. The summed E-state index contributed by atoms with van der Waals surface area (Å²) >= 11 is 0. The van der Waals surface area contributed by atoms with Crippen LogP contribution in [0.4, 0.5) is 0 Å². The van der Waals surface area contributed by atoms with Crippen molar-refractivity contribution in [1.29, 1.82) is 0 Å². The summed E-state index contributed by atoms with van der Waals surface area (Å²) in [6.07, 6.45) is 3.26. The minimum absolute atomic E-state index is 0.270. The first-order chi connectivity index (χ1) is 7.74. The van der Waals surface area contributed by atoms with Crippen LogP contribution in [0.25, 0.3) is 0 Å². The molecule has 0 saturated heterocycles. The Kier molecular flexibility index (Phi) is 10.1. The molecule has 0 rings (SSSR count). The Balaban J connectivity index is 3.42. The molecule has 0 heterocycles. The average Bonchev–Trinajstić information content (AvgIpc) is 2.29. The summed E-state index contributed by atoms with van der Waals surface area (Å²) in [5.74, 6) is -0.270. The molecule has 0 spiro atoms. The minimum atomic E-state index is -0.270. The smallest absolute Gasteiger partial charge is 0.330 e. The van der Waals surface area contributed by atoms with Gasteiger partial charge in [0.2, 0.25) is 0 Å². The number of nitrogens with zero attached hydrogens (tertiary/aromatic N) is 1. The van der Waals surface area contributed by atoms with Crippen molar-refractivity contribution in [2.45, 2.75) is 20.8 Å². The van der Waals surface area contributed by atoms with Crippen molar-refractivity contribution in [2.75, 3.05) is 39.3 Å². The van der Waals surface area contributed by atoms with Gasteiger partial charge in [-0.15, -0.1) is 0 Å². The highest BCUT2D eigenvalue weighted by Crippen LogP contribution is 1.84. The Morgan fingerprint density at radius 2 is 2.00 bits per heavy atom. The van der Waals surface area contributed by atoms with Gasteiger partial charge in [-0.1, -0.05) is 19.9 Å². The molecule has 0 aromatic heterocycles. The highest BCUT2D eigenvalue weighted by atomic mass is 16.5. The highest BCUT2D eigenvalue weighted by Gasteiger charge is 1.96. The van der Waals surface area contributed by atoms with Crippen LogP contribution in [0.5, 0.6) is 0 Å². The van der Waals surface area contributed by atoms with Gasteiger partial charge in [0.1, 0.15) is 0 Å². The van der Waals surface area contributed by atoms with Crippen LogP contribution in [0.1, 0.15) is 20.8 Å². The second-order valence-corrected chi connectivity index (χ2v) is 3.39. The fourth-order valence-corrected chi connectivity index (χ4v) is 1.31. The number of hydrogen-bond acceptors (Lipinski definition) is 4. The Labute approximate surface area is 98.6 Å². The van der Waals surface area contributed by atoms with Crippen LogP contribution in [0.3, 0.4) is 0 Å². The topological polar surface area (TPSA) is 41.6 Å². The molecular formula is C12H24N2O2. The average molecular weight is 228 g/mol. The van der Waals surface area contributed by atoms with E-state index in [1.165, 1.54) is 6.08 Å². The second kappa shape index (κ2) is 10.6. The predicted octanol–water partition coefficient (Wildman–Crippen LogP) is 1.04. The number of carbonyl (C=O) groups excluding carboxylic acids is 1. The van der Waals surface area contributed by atoms with E-state index in [1.54, 1.807) is 13.0 Å². The largest absolute Gasteiger partial charge is 0.463 e. The molecule has 0 aromatic carbocycles. The number of esters is 1. The van der Waals surface area contributed by atoms with Gasteiger partial charge in [0.05, 0.1) is 6.61 Å². The van der Waals surface area contributed by atoms with E-state index in [1.807, 2.05) is 0 Å². The number of rotatable bonds is 9. The lowest BCUT2D eigenvalue weighted by atomic mass is 10.4. The molecule has 0 bridgehead atoms. The lowest BCUT2D eigenvalue weighted by molar-refractivity contribution is -0.137. The molecule has 0 saturated carbocycles.